The topological polar surface area (TPSA) is 121 Å². The number of nitrogens with zero attached hydrogens (tertiary/aromatic N) is 5. The number of rotatable bonds is 3. The van der Waals surface area contributed by atoms with E-state index in [1.54, 1.807) is 13.1 Å². The number of hydrogen-bond donors (Lipinski definition) is 3. The molecule has 0 saturated carbocycles. The molecule has 2 heterocycles. The molecule has 0 unspecified atom stereocenters. The van der Waals surface area contributed by atoms with Gasteiger partial charge in [-0.1, -0.05) is 17.2 Å². The second-order valence-corrected chi connectivity index (χ2v) is 3.85. The van der Waals surface area contributed by atoms with E-state index in [4.69, 9.17) is 0 Å². The summed E-state index contributed by atoms with van der Waals surface area (Å²) in [5, 5.41) is 18.2. The molecule has 1 aromatic carbocycles. The molecule has 0 aliphatic heterocycles. The van der Waals surface area contributed by atoms with Crippen LogP contribution >= 0.6 is 0 Å². The first-order valence-corrected chi connectivity index (χ1v) is 5.77. The number of fused-ring (bicyclic) bond motifs is 1. The van der Waals surface area contributed by atoms with Crippen molar-refractivity contribution in [1.82, 2.24) is 30.6 Å². The quantitative estimate of drug-likeness (QED) is 0.631. The Morgan fingerprint density at radius 2 is 1.95 bits per heavy atom. The largest absolute Gasteiger partial charge is 0.371 e. The lowest BCUT2D eigenvalue weighted by Crippen LogP contribution is -2.17. The third-order valence-electron chi connectivity index (χ3n) is 2.59. The second kappa shape index (κ2) is 4.88. The average molecular weight is 270 g/mol. The standard InChI is InChI=1S/C11H10N8O/c1-12-9-8(10(20)15-11-16-18-19-17-11)13-6-4-2-3-5-7(6)14-9/h2-5H,1H3,(H,12,14)(H2,15,16,17,18,19,20). The van der Waals surface area contributed by atoms with Gasteiger partial charge in [0.05, 0.1) is 11.0 Å². The molecule has 100 valence electrons. The van der Waals surface area contributed by atoms with Crippen molar-refractivity contribution in [3.8, 4) is 0 Å². The molecule has 9 heteroatoms. The third kappa shape index (κ3) is 2.11. The van der Waals surface area contributed by atoms with E-state index in [0.29, 0.717) is 16.9 Å². The van der Waals surface area contributed by atoms with Crippen molar-refractivity contribution in [2.24, 2.45) is 0 Å². The van der Waals surface area contributed by atoms with Crippen molar-refractivity contribution in [2.75, 3.05) is 17.7 Å². The predicted molar refractivity (Wildman–Crippen MR) is 71.2 cm³/mol. The molecule has 0 fully saturated rings. The normalized spacial score (nSPS) is 10.4. The number of aromatic amines is 1. The Morgan fingerprint density at radius 1 is 1.20 bits per heavy atom. The first-order valence-electron chi connectivity index (χ1n) is 5.77. The zero-order chi connectivity index (χ0) is 13.9. The molecule has 9 nitrogen and oxygen atoms in total. The molecule has 1 amide bonds. The Morgan fingerprint density at radius 3 is 2.60 bits per heavy atom. The summed E-state index contributed by atoms with van der Waals surface area (Å²) in [5.74, 6) is -0.00860. The van der Waals surface area contributed by atoms with E-state index >= 15 is 0 Å². The summed E-state index contributed by atoms with van der Waals surface area (Å²) in [6, 6.07) is 7.30. The number of H-pyrrole nitrogens is 1. The van der Waals surface area contributed by atoms with E-state index in [1.807, 2.05) is 18.2 Å². The van der Waals surface area contributed by atoms with Gasteiger partial charge in [0, 0.05) is 7.05 Å². The average Bonchev–Trinajstić information content (AvgIpc) is 2.98. The van der Waals surface area contributed by atoms with Gasteiger partial charge in [-0.15, -0.1) is 5.10 Å². The van der Waals surface area contributed by atoms with E-state index in [9.17, 15) is 4.79 Å². The number of aromatic nitrogens is 6. The second-order valence-electron chi connectivity index (χ2n) is 3.85. The van der Waals surface area contributed by atoms with Crippen molar-refractivity contribution in [2.45, 2.75) is 0 Å². The number of carbonyl (C=O) groups excluding carboxylic acids is 1. The van der Waals surface area contributed by atoms with Gasteiger partial charge in [-0.25, -0.2) is 9.97 Å². The Balaban J connectivity index is 2.02. The van der Waals surface area contributed by atoms with Crippen molar-refractivity contribution in [3.05, 3.63) is 30.0 Å². The lowest BCUT2D eigenvalue weighted by atomic mass is 10.2. The fraction of sp³-hybridized carbons (Fsp3) is 0.0909. The first-order chi connectivity index (χ1) is 9.78. The Kier molecular flexibility index (Phi) is 2.92. The van der Waals surface area contributed by atoms with Crippen LogP contribution in [0.25, 0.3) is 11.0 Å². The SMILES string of the molecule is CNc1nc2ccccc2nc1C(=O)Nc1nn[nH]n1. The Bertz CT molecular complexity index is 754. The van der Waals surface area contributed by atoms with Crippen LogP contribution in [0.4, 0.5) is 11.8 Å². The molecule has 0 aliphatic rings. The Hall–Kier alpha value is -3.10. The summed E-state index contributed by atoms with van der Waals surface area (Å²) in [4.78, 5) is 20.8. The molecule has 2 aromatic heterocycles. The highest BCUT2D eigenvalue weighted by Crippen LogP contribution is 2.17. The van der Waals surface area contributed by atoms with Gasteiger partial charge in [0.1, 0.15) is 0 Å². The minimum Gasteiger partial charge on any atom is -0.371 e. The van der Waals surface area contributed by atoms with Gasteiger partial charge in [0.15, 0.2) is 11.5 Å². The van der Waals surface area contributed by atoms with Crippen molar-refractivity contribution >= 4 is 28.7 Å². The van der Waals surface area contributed by atoms with E-state index in [0.717, 1.165) is 0 Å². The number of amides is 1. The van der Waals surface area contributed by atoms with Gasteiger partial charge < -0.3 is 5.32 Å². The number of tetrazole rings is 1. The van der Waals surface area contributed by atoms with E-state index in [-0.39, 0.29) is 11.6 Å². The smallest absolute Gasteiger partial charge is 0.280 e. The lowest BCUT2D eigenvalue weighted by Gasteiger charge is -2.07. The minimum absolute atomic E-state index is 0.0759. The molecule has 3 rings (SSSR count). The van der Waals surface area contributed by atoms with Crippen molar-refractivity contribution in [3.63, 3.8) is 0 Å². The maximum atomic E-state index is 12.2. The maximum absolute atomic E-state index is 12.2. The highest BCUT2D eigenvalue weighted by atomic mass is 16.2. The van der Waals surface area contributed by atoms with Crippen LogP contribution in [0.15, 0.2) is 24.3 Å². The molecule has 0 bridgehead atoms. The molecule has 0 atom stereocenters. The number of anilines is 2. The van der Waals surface area contributed by atoms with Crippen LogP contribution in [0, 0.1) is 0 Å². The van der Waals surface area contributed by atoms with Crippen LogP contribution in [-0.4, -0.2) is 43.5 Å². The molecule has 0 spiro atoms. The molecule has 3 N–H and O–H groups in total. The van der Waals surface area contributed by atoms with Crippen LogP contribution in [-0.2, 0) is 0 Å². The van der Waals surface area contributed by atoms with Crippen LogP contribution in [0.5, 0.6) is 0 Å². The van der Waals surface area contributed by atoms with Crippen LogP contribution < -0.4 is 10.6 Å². The van der Waals surface area contributed by atoms with E-state index < -0.39 is 5.91 Å². The van der Waals surface area contributed by atoms with E-state index in [1.165, 1.54) is 0 Å². The number of para-hydroxylation sites is 2. The number of benzene rings is 1. The zero-order valence-corrected chi connectivity index (χ0v) is 10.5. The van der Waals surface area contributed by atoms with Crippen LogP contribution in [0.1, 0.15) is 10.5 Å². The van der Waals surface area contributed by atoms with Gasteiger partial charge in [0.2, 0.25) is 0 Å². The van der Waals surface area contributed by atoms with Crippen LogP contribution in [0.3, 0.4) is 0 Å². The summed E-state index contributed by atoms with van der Waals surface area (Å²) in [5.41, 5.74) is 1.49. The number of carbonyl (C=O) groups is 1. The Labute approximate surface area is 112 Å². The predicted octanol–water partition coefficient (Wildman–Crippen LogP) is 0.437. The van der Waals surface area contributed by atoms with Gasteiger partial charge in [-0.2, -0.15) is 5.21 Å². The third-order valence-corrected chi connectivity index (χ3v) is 2.59. The summed E-state index contributed by atoms with van der Waals surface area (Å²) >= 11 is 0. The summed E-state index contributed by atoms with van der Waals surface area (Å²) < 4.78 is 0. The fourth-order valence-electron chi connectivity index (χ4n) is 1.71. The van der Waals surface area contributed by atoms with Gasteiger partial charge >= 0.3 is 0 Å². The van der Waals surface area contributed by atoms with Crippen molar-refractivity contribution in [1.29, 1.82) is 0 Å². The van der Waals surface area contributed by atoms with Gasteiger partial charge in [-0.05, 0) is 17.3 Å². The maximum Gasteiger partial charge on any atom is 0.280 e. The van der Waals surface area contributed by atoms with Gasteiger partial charge in [0.25, 0.3) is 11.9 Å². The molecule has 0 aliphatic carbocycles. The highest BCUT2D eigenvalue weighted by Gasteiger charge is 2.17. The molecule has 20 heavy (non-hydrogen) atoms. The summed E-state index contributed by atoms with van der Waals surface area (Å²) in [6.45, 7) is 0. The molecular weight excluding hydrogens is 260 g/mol. The molecule has 3 aromatic rings. The lowest BCUT2D eigenvalue weighted by molar-refractivity contribution is 0.102. The number of nitrogens with one attached hydrogen (secondary N) is 3. The minimum atomic E-state index is -0.464. The highest BCUT2D eigenvalue weighted by molar-refractivity contribution is 6.06. The van der Waals surface area contributed by atoms with Gasteiger partial charge in [-0.3, -0.25) is 10.1 Å². The summed E-state index contributed by atoms with van der Waals surface area (Å²) in [7, 11) is 1.67. The zero-order valence-electron chi connectivity index (χ0n) is 10.5. The molecule has 0 saturated heterocycles. The fourth-order valence-corrected chi connectivity index (χ4v) is 1.71. The first kappa shape index (κ1) is 12.0. The molecule has 0 radical (unpaired) electrons. The van der Waals surface area contributed by atoms with E-state index in [2.05, 4.69) is 41.2 Å². The number of hydrogen-bond acceptors (Lipinski definition) is 7. The van der Waals surface area contributed by atoms with Crippen molar-refractivity contribution < 1.29 is 4.79 Å². The molecular formula is C11H10N8O. The van der Waals surface area contributed by atoms with Crippen LogP contribution in [0.2, 0.25) is 0 Å². The monoisotopic (exact) mass is 270 g/mol. The summed E-state index contributed by atoms with van der Waals surface area (Å²) in [6.07, 6.45) is 0.